The van der Waals surface area contributed by atoms with Crippen LogP contribution in [0.15, 0.2) is 40.8 Å². The van der Waals surface area contributed by atoms with Crippen LogP contribution in [0.3, 0.4) is 0 Å². The highest BCUT2D eigenvalue weighted by Gasteiger charge is 2.29. The number of benzene rings is 2. The van der Waals surface area contributed by atoms with Crippen LogP contribution in [0.1, 0.15) is 35.8 Å². The third-order valence-electron chi connectivity index (χ3n) is 5.59. The van der Waals surface area contributed by atoms with Crippen LogP contribution in [0.4, 0.5) is 10.5 Å². The number of hydrogen-bond donors (Lipinski definition) is 1. The summed E-state index contributed by atoms with van der Waals surface area (Å²) in [6.07, 6.45) is 1.78. The van der Waals surface area contributed by atoms with Crippen molar-refractivity contribution in [1.82, 2.24) is 15.1 Å². The smallest absolute Gasteiger partial charge is 0.321 e. The number of ether oxygens (including phenoxy) is 2. The van der Waals surface area contributed by atoms with Crippen LogP contribution in [0.2, 0.25) is 0 Å². The van der Waals surface area contributed by atoms with Crippen molar-refractivity contribution in [2.75, 3.05) is 25.2 Å². The van der Waals surface area contributed by atoms with Crippen molar-refractivity contribution in [2.45, 2.75) is 32.6 Å². The zero-order valence-electron chi connectivity index (χ0n) is 17.6. The van der Waals surface area contributed by atoms with Gasteiger partial charge >= 0.3 is 6.03 Å². The first-order chi connectivity index (χ1) is 15.0. The molecule has 8 nitrogen and oxygen atoms in total. The van der Waals surface area contributed by atoms with E-state index in [0.717, 1.165) is 35.2 Å². The molecule has 3 heterocycles. The molecule has 0 radical (unpaired) electrons. The highest BCUT2D eigenvalue weighted by molar-refractivity contribution is 5.89. The minimum atomic E-state index is -0.106. The van der Waals surface area contributed by atoms with E-state index in [-0.39, 0.29) is 18.7 Å². The Morgan fingerprint density at radius 2 is 1.87 bits per heavy atom. The molecule has 1 saturated heterocycles. The number of anilines is 1. The van der Waals surface area contributed by atoms with Gasteiger partial charge in [-0.2, -0.15) is 0 Å². The SMILES string of the molecule is Cc1cc(C)cc(NC(=O)N2CCCC(c3nnc(-c4ccc5c(c4)OCO5)o3)C2)c1. The van der Waals surface area contributed by atoms with Crippen LogP contribution in [0.5, 0.6) is 11.5 Å². The molecule has 1 atom stereocenters. The number of urea groups is 1. The lowest BCUT2D eigenvalue weighted by molar-refractivity contribution is 0.174. The number of nitrogens with one attached hydrogen (secondary N) is 1. The van der Waals surface area contributed by atoms with Gasteiger partial charge in [0.15, 0.2) is 11.5 Å². The number of nitrogens with zero attached hydrogens (tertiary/aromatic N) is 3. The van der Waals surface area contributed by atoms with E-state index >= 15 is 0 Å². The quantitative estimate of drug-likeness (QED) is 0.671. The molecule has 31 heavy (non-hydrogen) atoms. The van der Waals surface area contributed by atoms with Gasteiger partial charge in [-0.1, -0.05) is 6.07 Å². The standard InChI is InChI=1S/C23H24N4O4/c1-14-8-15(2)10-18(9-14)24-23(28)27-7-3-4-17(12-27)22-26-25-21(31-22)16-5-6-19-20(11-16)30-13-29-19/h5-6,8-11,17H,3-4,7,12-13H2,1-2H3,(H,24,28). The van der Waals surface area contributed by atoms with E-state index in [4.69, 9.17) is 13.9 Å². The summed E-state index contributed by atoms with van der Waals surface area (Å²) in [7, 11) is 0. The third kappa shape index (κ3) is 4.05. The van der Waals surface area contributed by atoms with E-state index < -0.39 is 0 Å². The van der Waals surface area contributed by atoms with Crippen molar-refractivity contribution in [1.29, 1.82) is 0 Å². The first-order valence-electron chi connectivity index (χ1n) is 10.4. The highest BCUT2D eigenvalue weighted by Crippen LogP contribution is 2.36. The van der Waals surface area contributed by atoms with Gasteiger partial charge in [0.25, 0.3) is 0 Å². The summed E-state index contributed by atoms with van der Waals surface area (Å²) in [5.41, 5.74) is 3.83. The number of carbonyl (C=O) groups excluding carboxylic acids is 1. The Balaban J connectivity index is 1.28. The zero-order chi connectivity index (χ0) is 21.4. The summed E-state index contributed by atoms with van der Waals surface area (Å²) in [5.74, 6) is 2.38. The van der Waals surface area contributed by atoms with Gasteiger partial charge in [-0.3, -0.25) is 0 Å². The van der Waals surface area contributed by atoms with E-state index in [0.29, 0.717) is 36.4 Å². The molecule has 0 bridgehead atoms. The number of aromatic nitrogens is 2. The molecule has 3 aromatic rings. The van der Waals surface area contributed by atoms with Crippen molar-refractivity contribution in [2.24, 2.45) is 0 Å². The predicted octanol–water partition coefficient (Wildman–Crippen LogP) is 4.49. The average molecular weight is 420 g/mol. The van der Waals surface area contributed by atoms with E-state index in [9.17, 15) is 4.79 Å². The average Bonchev–Trinajstić information content (AvgIpc) is 3.42. The van der Waals surface area contributed by atoms with Gasteiger partial charge < -0.3 is 24.1 Å². The molecule has 0 spiro atoms. The molecule has 0 aliphatic carbocycles. The molecule has 1 aromatic heterocycles. The van der Waals surface area contributed by atoms with Crippen LogP contribution >= 0.6 is 0 Å². The Kier molecular flexibility index (Phi) is 4.97. The molecule has 1 unspecified atom stereocenters. The zero-order valence-corrected chi connectivity index (χ0v) is 17.6. The number of hydrogen-bond acceptors (Lipinski definition) is 6. The van der Waals surface area contributed by atoms with E-state index in [2.05, 4.69) is 21.6 Å². The fraction of sp³-hybridized carbons (Fsp3) is 0.348. The topological polar surface area (TPSA) is 89.7 Å². The van der Waals surface area contributed by atoms with Crippen molar-refractivity contribution in [3.63, 3.8) is 0 Å². The number of aryl methyl sites for hydroxylation is 2. The molecular formula is C23H24N4O4. The fourth-order valence-electron chi connectivity index (χ4n) is 4.16. The first-order valence-corrected chi connectivity index (χ1v) is 10.4. The van der Waals surface area contributed by atoms with Crippen molar-refractivity contribution >= 4 is 11.7 Å². The molecular weight excluding hydrogens is 396 g/mol. The molecule has 1 fully saturated rings. The Bertz CT molecular complexity index is 1110. The lowest BCUT2D eigenvalue weighted by Gasteiger charge is -2.31. The van der Waals surface area contributed by atoms with Gasteiger partial charge in [-0.25, -0.2) is 4.79 Å². The van der Waals surface area contributed by atoms with Crippen LogP contribution in [0, 0.1) is 13.8 Å². The minimum absolute atomic E-state index is 0.00834. The maximum atomic E-state index is 12.8. The molecule has 2 aliphatic rings. The Labute approximate surface area is 180 Å². The van der Waals surface area contributed by atoms with Crippen molar-refractivity contribution in [3.8, 4) is 23.0 Å². The van der Waals surface area contributed by atoms with Crippen LogP contribution in [-0.2, 0) is 0 Å². The molecule has 160 valence electrons. The lowest BCUT2D eigenvalue weighted by Crippen LogP contribution is -2.41. The molecule has 0 saturated carbocycles. The number of fused-ring (bicyclic) bond motifs is 1. The summed E-state index contributed by atoms with van der Waals surface area (Å²) < 4.78 is 16.7. The van der Waals surface area contributed by atoms with Crippen LogP contribution in [0.25, 0.3) is 11.5 Å². The Hall–Kier alpha value is -3.55. The van der Waals surface area contributed by atoms with Gasteiger partial charge in [0.05, 0.1) is 5.92 Å². The summed E-state index contributed by atoms with van der Waals surface area (Å²) in [6, 6.07) is 11.5. The summed E-state index contributed by atoms with van der Waals surface area (Å²) in [5, 5.41) is 11.5. The fourth-order valence-corrected chi connectivity index (χ4v) is 4.16. The minimum Gasteiger partial charge on any atom is -0.454 e. The van der Waals surface area contributed by atoms with Crippen LogP contribution in [-0.4, -0.2) is 41.0 Å². The van der Waals surface area contributed by atoms with Gasteiger partial charge in [0, 0.05) is 24.3 Å². The van der Waals surface area contributed by atoms with Crippen molar-refractivity contribution < 1.29 is 18.7 Å². The first kappa shape index (κ1) is 19.4. The van der Waals surface area contributed by atoms with Gasteiger partial charge in [-0.15, -0.1) is 10.2 Å². The summed E-state index contributed by atoms with van der Waals surface area (Å²) in [4.78, 5) is 14.6. The molecule has 2 aromatic carbocycles. The number of carbonyl (C=O) groups is 1. The number of likely N-dealkylation sites (tertiary alicyclic amines) is 1. The Morgan fingerprint density at radius 3 is 2.71 bits per heavy atom. The third-order valence-corrected chi connectivity index (χ3v) is 5.59. The Morgan fingerprint density at radius 1 is 1.06 bits per heavy atom. The maximum absolute atomic E-state index is 12.8. The van der Waals surface area contributed by atoms with Gasteiger partial charge in [0.2, 0.25) is 18.6 Å². The van der Waals surface area contributed by atoms with E-state index in [1.54, 1.807) is 0 Å². The normalized spacial score (nSPS) is 17.6. The lowest BCUT2D eigenvalue weighted by atomic mass is 9.98. The number of piperidine rings is 1. The maximum Gasteiger partial charge on any atom is 0.321 e. The second kappa shape index (κ2) is 7.94. The number of rotatable bonds is 3. The number of amides is 2. The van der Waals surface area contributed by atoms with Gasteiger partial charge in [-0.05, 0) is 68.1 Å². The van der Waals surface area contributed by atoms with E-state index in [1.165, 1.54) is 0 Å². The summed E-state index contributed by atoms with van der Waals surface area (Å²) in [6.45, 7) is 5.51. The summed E-state index contributed by atoms with van der Waals surface area (Å²) >= 11 is 0. The highest BCUT2D eigenvalue weighted by atomic mass is 16.7. The molecule has 2 aliphatic heterocycles. The van der Waals surface area contributed by atoms with Gasteiger partial charge in [0.1, 0.15) is 0 Å². The second-order valence-electron chi connectivity index (χ2n) is 8.11. The van der Waals surface area contributed by atoms with Crippen LogP contribution < -0.4 is 14.8 Å². The van der Waals surface area contributed by atoms with Crippen molar-refractivity contribution in [3.05, 3.63) is 53.4 Å². The second-order valence-corrected chi connectivity index (χ2v) is 8.11. The largest absolute Gasteiger partial charge is 0.454 e. The molecule has 2 amide bonds. The predicted molar refractivity (Wildman–Crippen MR) is 114 cm³/mol. The van der Waals surface area contributed by atoms with E-state index in [1.807, 2.05) is 49.1 Å². The molecule has 5 rings (SSSR count). The molecule has 1 N–H and O–H groups in total. The molecule has 8 heteroatoms. The monoisotopic (exact) mass is 420 g/mol.